The lowest BCUT2D eigenvalue weighted by Crippen LogP contribution is -1.97. The second-order valence-electron chi connectivity index (χ2n) is 11.8. The van der Waals surface area contributed by atoms with Crippen molar-refractivity contribution in [1.82, 2.24) is 0 Å². The first kappa shape index (κ1) is 28.7. The zero-order chi connectivity index (χ0) is 30.1. The Morgan fingerprint density at radius 1 is 0.651 bits per heavy atom. The van der Waals surface area contributed by atoms with E-state index in [2.05, 4.69) is 151 Å². The molecule has 0 N–H and O–H groups in total. The third-order valence-electron chi connectivity index (χ3n) is 9.09. The Kier molecular flexibility index (Phi) is 8.04. The van der Waals surface area contributed by atoms with Gasteiger partial charge in [0.05, 0.1) is 0 Å². The van der Waals surface area contributed by atoms with Crippen LogP contribution in [0.3, 0.4) is 0 Å². The van der Waals surface area contributed by atoms with Crippen LogP contribution in [0.15, 0.2) is 115 Å². The predicted octanol–water partition coefficient (Wildman–Crippen LogP) is 12.9. The van der Waals surface area contributed by atoms with Crippen molar-refractivity contribution in [3.63, 3.8) is 0 Å². The van der Waals surface area contributed by atoms with Crippen LogP contribution in [0.1, 0.15) is 62.8 Å². The van der Waals surface area contributed by atoms with Gasteiger partial charge in [-0.15, -0.1) is 0 Å². The fraction of sp³-hybridized carbons (Fsp3) is 0.209. The minimum atomic E-state index is 0.981. The van der Waals surface area contributed by atoms with Crippen molar-refractivity contribution in [2.45, 2.75) is 60.8 Å². The third-order valence-corrected chi connectivity index (χ3v) is 9.09. The Morgan fingerprint density at radius 2 is 1.37 bits per heavy atom. The number of allylic oxidation sites excluding steroid dienone is 6. The molecule has 6 aromatic rings. The predicted molar refractivity (Wildman–Crippen MR) is 192 cm³/mol. The minimum absolute atomic E-state index is 0.981. The average Bonchev–Trinajstić information content (AvgIpc) is 3.03. The van der Waals surface area contributed by atoms with Crippen LogP contribution in [-0.4, -0.2) is 0 Å². The number of fused-ring (bicyclic) bond motifs is 8. The van der Waals surface area contributed by atoms with Gasteiger partial charge in [0.15, 0.2) is 0 Å². The van der Waals surface area contributed by atoms with Gasteiger partial charge in [0.2, 0.25) is 0 Å². The molecular weight excluding hydrogens is 516 g/mol. The molecule has 0 saturated heterocycles. The molecule has 0 bridgehead atoms. The van der Waals surface area contributed by atoms with Crippen molar-refractivity contribution in [2.75, 3.05) is 0 Å². The molecule has 0 nitrogen and oxygen atoms in total. The Hall–Kier alpha value is -4.42. The molecule has 0 saturated carbocycles. The molecule has 6 rings (SSSR count). The fourth-order valence-electron chi connectivity index (χ4n) is 7.22. The zero-order valence-electron chi connectivity index (χ0n) is 26.5. The lowest BCUT2D eigenvalue weighted by atomic mass is 9.83. The second kappa shape index (κ2) is 12.1. The van der Waals surface area contributed by atoms with Crippen molar-refractivity contribution >= 4 is 48.7 Å². The highest BCUT2D eigenvalue weighted by Gasteiger charge is 2.18. The maximum Gasteiger partial charge on any atom is -0.00176 e. The van der Waals surface area contributed by atoms with E-state index in [0.29, 0.717) is 0 Å². The quantitative estimate of drug-likeness (QED) is 0.135. The molecule has 0 heterocycles. The summed E-state index contributed by atoms with van der Waals surface area (Å²) in [5.41, 5.74) is 10.8. The number of hydrogen-bond donors (Lipinski definition) is 0. The summed E-state index contributed by atoms with van der Waals surface area (Å²) in [6, 6.07) is 32.0. The van der Waals surface area contributed by atoms with Gasteiger partial charge in [0, 0.05) is 0 Å². The maximum atomic E-state index is 2.47. The molecule has 0 fully saturated rings. The Labute approximate surface area is 257 Å². The molecule has 0 atom stereocenters. The van der Waals surface area contributed by atoms with Gasteiger partial charge in [-0.2, -0.15) is 0 Å². The molecule has 0 aromatic heterocycles. The summed E-state index contributed by atoms with van der Waals surface area (Å²) in [6.45, 7) is 13.4. The standard InChI is InChI=1S/C43H42/c1-7-16-31(17-8-2)36(18-9-3)35-24-15-23-34(29(35)6)33-26-30(10-4)42-40(27-33)38-21-13-14-22-39(38)43-37-20-12-11-19-32(37)25-28(5)41(42)43/h7,9,11-16,18-27H,8,10,17H2,1-6H3/b16-7-,18-9-,36-31-. The summed E-state index contributed by atoms with van der Waals surface area (Å²) < 4.78 is 0. The van der Waals surface area contributed by atoms with Gasteiger partial charge in [-0.3, -0.25) is 0 Å². The molecule has 43 heavy (non-hydrogen) atoms. The van der Waals surface area contributed by atoms with Gasteiger partial charge in [-0.05, 0) is 134 Å². The SMILES string of the molecule is C\C=C/C(CCC)=C(\C=C/C)c1cccc(-c2cc(CC)c3c(c2)c2ccccc2c2c4ccccc4cc(C)c32)c1C. The number of hydrogen-bond acceptors (Lipinski definition) is 0. The first-order chi connectivity index (χ1) is 21.0. The number of rotatable bonds is 7. The van der Waals surface area contributed by atoms with Crippen molar-refractivity contribution in [1.29, 1.82) is 0 Å². The van der Waals surface area contributed by atoms with Crippen LogP contribution in [0.25, 0.3) is 59.8 Å². The molecule has 0 aliphatic carbocycles. The first-order valence-corrected chi connectivity index (χ1v) is 15.9. The van der Waals surface area contributed by atoms with E-state index in [1.165, 1.54) is 87.6 Å². The van der Waals surface area contributed by atoms with Crippen LogP contribution < -0.4 is 0 Å². The minimum Gasteiger partial charge on any atom is -0.0874 e. The van der Waals surface area contributed by atoms with Crippen LogP contribution in [0.4, 0.5) is 0 Å². The van der Waals surface area contributed by atoms with E-state index >= 15 is 0 Å². The highest BCUT2D eigenvalue weighted by atomic mass is 14.2. The van der Waals surface area contributed by atoms with Crippen LogP contribution in [0.2, 0.25) is 0 Å². The molecule has 0 unspecified atom stereocenters. The number of aryl methyl sites for hydroxylation is 2. The van der Waals surface area contributed by atoms with E-state index in [-0.39, 0.29) is 0 Å². The number of benzene rings is 6. The highest BCUT2D eigenvalue weighted by molar-refractivity contribution is 6.33. The summed E-state index contributed by atoms with van der Waals surface area (Å²) in [6.07, 6.45) is 12.1. The van der Waals surface area contributed by atoms with Crippen molar-refractivity contribution in [3.05, 3.63) is 137 Å². The summed E-state index contributed by atoms with van der Waals surface area (Å²) in [5.74, 6) is 0. The van der Waals surface area contributed by atoms with E-state index in [0.717, 1.165) is 19.3 Å². The van der Waals surface area contributed by atoms with Gasteiger partial charge >= 0.3 is 0 Å². The van der Waals surface area contributed by atoms with Crippen molar-refractivity contribution in [2.24, 2.45) is 0 Å². The molecule has 0 aliphatic rings. The Balaban J connectivity index is 1.71. The van der Waals surface area contributed by atoms with E-state index in [9.17, 15) is 0 Å². The van der Waals surface area contributed by atoms with Gasteiger partial charge in [0.25, 0.3) is 0 Å². The van der Waals surface area contributed by atoms with Crippen LogP contribution in [-0.2, 0) is 6.42 Å². The maximum absolute atomic E-state index is 2.47. The zero-order valence-corrected chi connectivity index (χ0v) is 26.5. The topological polar surface area (TPSA) is 0 Å². The van der Waals surface area contributed by atoms with E-state index in [1.54, 1.807) is 0 Å². The van der Waals surface area contributed by atoms with Gasteiger partial charge in [-0.1, -0.05) is 123 Å². The fourth-order valence-corrected chi connectivity index (χ4v) is 7.22. The molecular formula is C43H42. The molecule has 0 amide bonds. The molecule has 6 aromatic carbocycles. The normalized spacial score (nSPS) is 12.9. The average molecular weight is 559 g/mol. The van der Waals surface area contributed by atoms with E-state index in [4.69, 9.17) is 0 Å². The summed E-state index contributed by atoms with van der Waals surface area (Å²) in [4.78, 5) is 0. The summed E-state index contributed by atoms with van der Waals surface area (Å²) in [5, 5.41) is 10.9. The largest absolute Gasteiger partial charge is 0.0874 e. The van der Waals surface area contributed by atoms with Gasteiger partial charge < -0.3 is 0 Å². The second-order valence-corrected chi connectivity index (χ2v) is 11.8. The van der Waals surface area contributed by atoms with Crippen LogP contribution >= 0.6 is 0 Å². The van der Waals surface area contributed by atoms with Gasteiger partial charge in [0.1, 0.15) is 0 Å². The smallest absolute Gasteiger partial charge is 0.00176 e. The van der Waals surface area contributed by atoms with Crippen molar-refractivity contribution in [3.8, 4) is 11.1 Å². The molecule has 0 spiro atoms. The van der Waals surface area contributed by atoms with Crippen LogP contribution in [0.5, 0.6) is 0 Å². The van der Waals surface area contributed by atoms with Crippen molar-refractivity contribution < 1.29 is 0 Å². The first-order valence-electron chi connectivity index (χ1n) is 15.9. The van der Waals surface area contributed by atoms with E-state index in [1.807, 2.05) is 0 Å². The lowest BCUT2D eigenvalue weighted by Gasteiger charge is -2.20. The monoisotopic (exact) mass is 558 g/mol. The highest BCUT2D eigenvalue weighted by Crippen LogP contribution is 2.44. The van der Waals surface area contributed by atoms with Crippen LogP contribution in [0, 0.1) is 13.8 Å². The third kappa shape index (κ3) is 4.90. The van der Waals surface area contributed by atoms with Gasteiger partial charge in [-0.25, -0.2) is 0 Å². The molecule has 0 heteroatoms. The summed E-state index contributed by atoms with van der Waals surface area (Å²) in [7, 11) is 0. The lowest BCUT2D eigenvalue weighted by molar-refractivity contribution is 0.928. The molecule has 0 aliphatic heterocycles. The Bertz CT molecular complexity index is 2100. The molecule has 214 valence electrons. The van der Waals surface area contributed by atoms with E-state index < -0.39 is 0 Å². The Morgan fingerprint density at radius 3 is 2.09 bits per heavy atom. The molecule has 0 radical (unpaired) electrons. The summed E-state index contributed by atoms with van der Waals surface area (Å²) >= 11 is 0.